The number of alkyl halides is 3. The van der Waals surface area contributed by atoms with Gasteiger partial charge < -0.3 is 4.74 Å². The molecule has 2 aromatic carbocycles. The summed E-state index contributed by atoms with van der Waals surface area (Å²) in [7, 11) is -4.70. The molecule has 0 aliphatic carbocycles. The summed E-state index contributed by atoms with van der Waals surface area (Å²) >= 11 is 0. The zero-order chi connectivity index (χ0) is 21.6. The van der Waals surface area contributed by atoms with Crippen molar-refractivity contribution in [3.05, 3.63) is 84.4 Å². The lowest BCUT2D eigenvalue weighted by molar-refractivity contribution is -0.106. The molecule has 0 amide bonds. The molecule has 0 N–H and O–H groups in total. The fourth-order valence-corrected chi connectivity index (χ4v) is 4.05. The Morgan fingerprint density at radius 3 is 2.30 bits per heavy atom. The number of nitrogens with zero attached hydrogens (tertiary/aromatic N) is 3. The molecule has 0 atom stereocenters. The van der Waals surface area contributed by atoms with Crippen molar-refractivity contribution in [2.45, 2.75) is 19.3 Å². The van der Waals surface area contributed by atoms with Crippen molar-refractivity contribution in [2.24, 2.45) is 0 Å². The molecule has 3 rings (SSSR count). The van der Waals surface area contributed by atoms with Crippen molar-refractivity contribution in [3.63, 3.8) is 0 Å². The number of hydrogen-bond acceptors (Lipinski definition) is 5. The molecular weight excluding hydrogens is 419 g/mol. The maximum Gasteiger partial charge on any atom is 0.404 e. The van der Waals surface area contributed by atoms with E-state index in [1.807, 2.05) is 6.07 Å². The summed E-state index contributed by atoms with van der Waals surface area (Å²) in [6.45, 7) is -0.207. The van der Waals surface area contributed by atoms with Gasteiger partial charge in [-0.1, -0.05) is 30.3 Å². The number of halogens is 3. The first-order valence-corrected chi connectivity index (χ1v) is 10.4. The van der Waals surface area contributed by atoms with Crippen molar-refractivity contribution in [1.82, 2.24) is 9.97 Å². The predicted molar refractivity (Wildman–Crippen MR) is 105 cm³/mol. The minimum atomic E-state index is -4.88. The summed E-state index contributed by atoms with van der Waals surface area (Å²) in [4.78, 5) is 7.59. The first kappa shape index (κ1) is 21.6. The molecule has 3 aromatic rings. The van der Waals surface area contributed by atoms with E-state index in [0.717, 1.165) is 0 Å². The topological polar surface area (TPSA) is 72.4 Å². The molecule has 0 spiro atoms. The lowest BCUT2D eigenvalue weighted by atomic mass is 10.2. The first-order chi connectivity index (χ1) is 14.2. The first-order valence-electron chi connectivity index (χ1n) is 8.81. The van der Waals surface area contributed by atoms with Gasteiger partial charge in [0.1, 0.15) is 18.7 Å². The van der Waals surface area contributed by atoms with Crippen LogP contribution in [0.15, 0.2) is 73.3 Å². The molecule has 0 radical (unpaired) electrons. The van der Waals surface area contributed by atoms with E-state index in [1.165, 1.54) is 30.9 Å². The Bertz CT molecular complexity index is 1060. The molecule has 1 heterocycles. The van der Waals surface area contributed by atoms with Crippen LogP contribution in [-0.4, -0.2) is 30.3 Å². The summed E-state index contributed by atoms with van der Waals surface area (Å²) in [6.07, 6.45) is -0.922. The Morgan fingerprint density at radius 2 is 1.63 bits per heavy atom. The lowest BCUT2D eigenvalue weighted by Gasteiger charge is -2.25. The van der Waals surface area contributed by atoms with Gasteiger partial charge in [-0.2, -0.15) is 13.2 Å². The van der Waals surface area contributed by atoms with E-state index < -0.39 is 22.0 Å². The van der Waals surface area contributed by atoms with Gasteiger partial charge in [0.2, 0.25) is 10.0 Å². The van der Waals surface area contributed by atoms with Gasteiger partial charge in [0, 0.05) is 18.0 Å². The lowest BCUT2D eigenvalue weighted by Crippen LogP contribution is -2.37. The maximum atomic E-state index is 12.9. The number of rotatable bonds is 8. The van der Waals surface area contributed by atoms with Crippen LogP contribution in [0.3, 0.4) is 0 Å². The number of sulfonamides is 1. The summed E-state index contributed by atoms with van der Waals surface area (Å²) in [5, 5.41) is 0. The Labute approximate surface area is 172 Å². The number of aromatic nitrogens is 2. The van der Waals surface area contributed by atoms with Gasteiger partial charge in [-0.05, 0) is 29.8 Å². The van der Waals surface area contributed by atoms with Crippen LogP contribution in [0.1, 0.15) is 11.1 Å². The minimum Gasteiger partial charge on any atom is -0.489 e. The van der Waals surface area contributed by atoms with Crippen LogP contribution in [-0.2, 0) is 23.2 Å². The van der Waals surface area contributed by atoms with Crippen LogP contribution in [0.2, 0.25) is 0 Å². The molecule has 0 unspecified atom stereocenters. The van der Waals surface area contributed by atoms with Crippen molar-refractivity contribution < 1.29 is 26.3 Å². The second kappa shape index (κ2) is 9.12. The van der Waals surface area contributed by atoms with E-state index in [2.05, 4.69) is 9.97 Å². The number of para-hydroxylation sites is 1. The highest BCUT2D eigenvalue weighted by Crippen LogP contribution is 2.27. The molecule has 0 saturated heterocycles. The smallest absolute Gasteiger partial charge is 0.404 e. The standard InChI is InChI=1S/C20H18F3N3O3S/c21-20(22,23)14-30(27,28)26(12-17-10-24-15-25-11-17)18-6-4-5-16(9-18)13-29-19-7-2-1-3-8-19/h1-11,15H,12-14H2. The van der Waals surface area contributed by atoms with Crippen LogP contribution in [0.4, 0.5) is 18.9 Å². The third kappa shape index (κ3) is 6.18. The van der Waals surface area contributed by atoms with Gasteiger partial charge in [0.25, 0.3) is 0 Å². The van der Waals surface area contributed by atoms with Crippen molar-refractivity contribution in [1.29, 1.82) is 0 Å². The van der Waals surface area contributed by atoms with Crippen molar-refractivity contribution in [2.75, 3.05) is 10.1 Å². The van der Waals surface area contributed by atoms with Crippen LogP contribution in [0, 0.1) is 0 Å². The predicted octanol–water partition coefficient (Wildman–Crippen LogP) is 3.95. The molecule has 0 bridgehead atoms. The molecule has 0 saturated carbocycles. The monoisotopic (exact) mass is 437 g/mol. The zero-order valence-corrected chi connectivity index (χ0v) is 16.5. The second-order valence-electron chi connectivity index (χ2n) is 6.40. The molecule has 158 valence electrons. The van der Waals surface area contributed by atoms with E-state index in [0.29, 0.717) is 21.2 Å². The van der Waals surface area contributed by atoms with Crippen LogP contribution in [0.25, 0.3) is 0 Å². The average Bonchev–Trinajstić information content (AvgIpc) is 2.70. The quantitative estimate of drug-likeness (QED) is 0.534. The Morgan fingerprint density at radius 1 is 0.933 bits per heavy atom. The van der Waals surface area contributed by atoms with Crippen LogP contribution < -0.4 is 9.04 Å². The average molecular weight is 437 g/mol. The van der Waals surface area contributed by atoms with Crippen molar-refractivity contribution >= 4 is 15.7 Å². The van der Waals surface area contributed by atoms with Gasteiger partial charge in [-0.15, -0.1) is 0 Å². The Balaban J connectivity index is 1.89. The third-order valence-electron chi connectivity index (χ3n) is 3.97. The highest BCUT2D eigenvalue weighted by atomic mass is 32.2. The normalized spacial score (nSPS) is 11.8. The molecule has 0 aliphatic heterocycles. The van der Waals surface area contributed by atoms with E-state index >= 15 is 0 Å². The number of anilines is 1. The van der Waals surface area contributed by atoms with Crippen LogP contribution in [0.5, 0.6) is 5.75 Å². The summed E-state index contributed by atoms with van der Waals surface area (Å²) in [5.41, 5.74) is 1.05. The molecule has 0 fully saturated rings. The third-order valence-corrected chi connectivity index (χ3v) is 5.67. The maximum absolute atomic E-state index is 12.9. The fourth-order valence-electron chi connectivity index (χ4n) is 2.70. The number of hydrogen-bond donors (Lipinski definition) is 0. The Kier molecular flexibility index (Phi) is 6.56. The second-order valence-corrected chi connectivity index (χ2v) is 8.29. The van der Waals surface area contributed by atoms with Gasteiger partial charge >= 0.3 is 6.18 Å². The summed E-state index contributed by atoms with van der Waals surface area (Å²) < 4.78 is 70.2. The zero-order valence-electron chi connectivity index (χ0n) is 15.7. The fraction of sp³-hybridized carbons (Fsp3) is 0.200. The molecule has 30 heavy (non-hydrogen) atoms. The molecule has 1 aromatic heterocycles. The van der Waals surface area contributed by atoms with E-state index in [9.17, 15) is 21.6 Å². The number of ether oxygens (including phenoxy) is 1. The van der Waals surface area contributed by atoms with Gasteiger partial charge in [-0.25, -0.2) is 18.4 Å². The van der Waals surface area contributed by atoms with E-state index in [1.54, 1.807) is 36.4 Å². The highest BCUT2D eigenvalue weighted by Gasteiger charge is 2.38. The SMILES string of the molecule is O=S(=O)(CC(F)(F)F)N(Cc1cncnc1)c1cccc(COc2ccccc2)c1. The molecule has 10 heteroatoms. The van der Waals surface area contributed by atoms with Gasteiger partial charge in [-0.3, -0.25) is 4.31 Å². The van der Waals surface area contributed by atoms with Gasteiger partial charge in [0.15, 0.2) is 5.75 Å². The van der Waals surface area contributed by atoms with Crippen LogP contribution >= 0.6 is 0 Å². The number of benzene rings is 2. The molecule has 6 nitrogen and oxygen atoms in total. The summed E-state index contributed by atoms with van der Waals surface area (Å²) in [5.74, 6) is -1.36. The van der Waals surface area contributed by atoms with Crippen molar-refractivity contribution in [3.8, 4) is 5.75 Å². The summed E-state index contributed by atoms with van der Waals surface area (Å²) in [6, 6.07) is 15.2. The minimum absolute atomic E-state index is 0.0947. The van der Waals surface area contributed by atoms with E-state index in [-0.39, 0.29) is 18.8 Å². The molecule has 0 aliphatic rings. The largest absolute Gasteiger partial charge is 0.489 e. The van der Waals surface area contributed by atoms with Gasteiger partial charge in [0.05, 0.1) is 12.2 Å². The Hall–Kier alpha value is -3.14. The molecular formula is C20H18F3N3O3S. The highest BCUT2D eigenvalue weighted by molar-refractivity contribution is 7.92. The van der Waals surface area contributed by atoms with E-state index in [4.69, 9.17) is 4.74 Å².